The van der Waals surface area contributed by atoms with Crippen molar-refractivity contribution in [2.45, 2.75) is 31.3 Å². The molecule has 100 valence electrons. The second-order valence-corrected chi connectivity index (χ2v) is 5.63. The summed E-state index contributed by atoms with van der Waals surface area (Å²) >= 11 is 6.22. The summed E-state index contributed by atoms with van der Waals surface area (Å²) in [6.07, 6.45) is 6.14. The van der Waals surface area contributed by atoms with Gasteiger partial charge < -0.3 is 9.88 Å². The fraction of sp³-hybridized carbons (Fsp3) is 0.400. The van der Waals surface area contributed by atoms with Crippen molar-refractivity contribution in [2.75, 3.05) is 0 Å². The number of hydrogen-bond donors (Lipinski definition) is 1. The summed E-state index contributed by atoms with van der Waals surface area (Å²) in [7, 11) is 2.03. The Morgan fingerprint density at radius 1 is 1.37 bits per heavy atom. The topological polar surface area (TPSA) is 29.9 Å². The maximum absolute atomic E-state index is 6.22. The van der Waals surface area contributed by atoms with Gasteiger partial charge in [-0.1, -0.05) is 29.8 Å². The maximum Gasteiger partial charge on any atom is 0.122 e. The molecule has 0 atom stereocenters. The Morgan fingerprint density at radius 3 is 2.84 bits per heavy atom. The molecule has 1 saturated carbocycles. The van der Waals surface area contributed by atoms with Crippen LogP contribution in [0.4, 0.5) is 0 Å². The molecule has 1 aromatic carbocycles. The Kier molecular flexibility index (Phi) is 3.58. The Morgan fingerprint density at radius 2 is 2.16 bits per heavy atom. The standard InChI is InChI=1S/C15H18ClN3/c1-19-7-6-17-15(19)10-18-12-8-11(9-12)13-4-2-3-5-14(13)16/h2-7,11-12,18H,8-10H2,1H3. The molecule has 0 amide bonds. The van der Waals surface area contributed by atoms with Gasteiger partial charge in [0.25, 0.3) is 0 Å². The molecule has 1 aliphatic carbocycles. The Balaban J connectivity index is 1.51. The van der Waals surface area contributed by atoms with Crippen LogP contribution in [-0.4, -0.2) is 15.6 Å². The number of benzene rings is 1. The normalized spacial score (nSPS) is 22.2. The highest BCUT2D eigenvalue weighted by molar-refractivity contribution is 6.31. The molecule has 3 rings (SSSR count). The van der Waals surface area contributed by atoms with Gasteiger partial charge in [0.15, 0.2) is 0 Å². The van der Waals surface area contributed by atoms with E-state index in [1.165, 1.54) is 5.56 Å². The lowest BCUT2D eigenvalue weighted by atomic mass is 9.76. The number of rotatable bonds is 4. The first-order chi connectivity index (χ1) is 9.24. The van der Waals surface area contributed by atoms with Crippen LogP contribution < -0.4 is 5.32 Å². The van der Waals surface area contributed by atoms with Crippen LogP contribution in [-0.2, 0) is 13.6 Å². The molecule has 0 bridgehead atoms. The summed E-state index contributed by atoms with van der Waals surface area (Å²) in [5.74, 6) is 1.69. The fourth-order valence-corrected chi connectivity index (χ4v) is 2.94. The molecule has 1 heterocycles. The Hall–Kier alpha value is -1.32. The number of imidazole rings is 1. The molecule has 0 saturated heterocycles. The molecule has 19 heavy (non-hydrogen) atoms. The number of aromatic nitrogens is 2. The van der Waals surface area contributed by atoms with Crippen LogP contribution in [0.1, 0.15) is 30.1 Å². The van der Waals surface area contributed by atoms with Gasteiger partial charge in [-0.25, -0.2) is 4.98 Å². The molecule has 1 fully saturated rings. The van der Waals surface area contributed by atoms with Crippen LogP contribution in [0.3, 0.4) is 0 Å². The number of hydrogen-bond acceptors (Lipinski definition) is 2. The lowest BCUT2D eigenvalue weighted by Crippen LogP contribution is -2.40. The molecule has 0 radical (unpaired) electrons. The lowest BCUT2D eigenvalue weighted by molar-refractivity contribution is 0.287. The summed E-state index contributed by atoms with van der Waals surface area (Å²) in [5.41, 5.74) is 1.29. The summed E-state index contributed by atoms with van der Waals surface area (Å²) in [6, 6.07) is 8.75. The van der Waals surface area contributed by atoms with Crippen LogP contribution in [0.25, 0.3) is 0 Å². The van der Waals surface area contributed by atoms with Crippen molar-refractivity contribution in [3.05, 3.63) is 53.1 Å². The van der Waals surface area contributed by atoms with Gasteiger partial charge >= 0.3 is 0 Å². The first-order valence-electron chi connectivity index (χ1n) is 6.68. The first kappa shape index (κ1) is 12.7. The van der Waals surface area contributed by atoms with E-state index in [0.29, 0.717) is 12.0 Å². The number of nitrogens with zero attached hydrogens (tertiary/aromatic N) is 2. The van der Waals surface area contributed by atoms with Gasteiger partial charge in [-0.2, -0.15) is 0 Å². The smallest absolute Gasteiger partial charge is 0.122 e. The molecule has 0 unspecified atom stereocenters. The molecule has 1 aromatic heterocycles. The van der Waals surface area contributed by atoms with E-state index in [1.807, 2.05) is 31.6 Å². The first-order valence-corrected chi connectivity index (χ1v) is 7.06. The quantitative estimate of drug-likeness (QED) is 0.929. The zero-order valence-corrected chi connectivity index (χ0v) is 11.8. The SMILES string of the molecule is Cn1ccnc1CNC1CC(c2ccccc2Cl)C1. The molecule has 0 aliphatic heterocycles. The van der Waals surface area contributed by atoms with Gasteiger partial charge in [-0.05, 0) is 30.4 Å². The van der Waals surface area contributed by atoms with E-state index in [9.17, 15) is 0 Å². The van der Waals surface area contributed by atoms with Crippen molar-refractivity contribution >= 4 is 11.6 Å². The fourth-order valence-electron chi connectivity index (χ4n) is 2.65. The Bertz CT molecular complexity index is 558. The van der Waals surface area contributed by atoms with Gasteiger partial charge in [0.1, 0.15) is 5.82 Å². The highest BCUT2D eigenvalue weighted by atomic mass is 35.5. The van der Waals surface area contributed by atoms with Crippen molar-refractivity contribution in [3.63, 3.8) is 0 Å². The zero-order chi connectivity index (χ0) is 13.2. The highest BCUT2D eigenvalue weighted by Gasteiger charge is 2.31. The molecular weight excluding hydrogens is 258 g/mol. The summed E-state index contributed by atoms with van der Waals surface area (Å²) < 4.78 is 2.05. The molecule has 1 N–H and O–H groups in total. The van der Waals surface area contributed by atoms with Gasteiger partial charge in [-0.15, -0.1) is 0 Å². The second-order valence-electron chi connectivity index (χ2n) is 5.22. The number of aryl methyl sites for hydroxylation is 1. The van der Waals surface area contributed by atoms with Crippen molar-refractivity contribution in [3.8, 4) is 0 Å². The summed E-state index contributed by atoms with van der Waals surface area (Å²) in [4.78, 5) is 4.32. The van der Waals surface area contributed by atoms with Crippen molar-refractivity contribution in [1.29, 1.82) is 0 Å². The molecular formula is C15H18ClN3. The minimum atomic E-state index is 0.581. The summed E-state index contributed by atoms with van der Waals surface area (Å²) in [6.45, 7) is 0.837. The van der Waals surface area contributed by atoms with Crippen molar-refractivity contribution in [2.24, 2.45) is 7.05 Å². The van der Waals surface area contributed by atoms with Crippen LogP contribution >= 0.6 is 11.6 Å². The van der Waals surface area contributed by atoms with Gasteiger partial charge in [-0.3, -0.25) is 0 Å². The van der Waals surface area contributed by atoms with E-state index >= 15 is 0 Å². The molecule has 4 heteroatoms. The Labute approximate surface area is 118 Å². The van der Waals surface area contributed by atoms with Crippen LogP contribution in [0.15, 0.2) is 36.7 Å². The van der Waals surface area contributed by atoms with Gasteiger partial charge in [0, 0.05) is 30.5 Å². The predicted molar refractivity (Wildman–Crippen MR) is 77.3 cm³/mol. The largest absolute Gasteiger partial charge is 0.337 e. The van der Waals surface area contributed by atoms with E-state index in [1.54, 1.807) is 0 Å². The van der Waals surface area contributed by atoms with Crippen LogP contribution in [0, 0.1) is 0 Å². The predicted octanol–water partition coefficient (Wildman–Crippen LogP) is 3.11. The van der Waals surface area contributed by atoms with E-state index in [2.05, 4.69) is 27.0 Å². The minimum absolute atomic E-state index is 0.581. The van der Waals surface area contributed by atoms with Crippen LogP contribution in [0.2, 0.25) is 5.02 Å². The molecule has 3 nitrogen and oxygen atoms in total. The average molecular weight is 276 g/mol. The van der Waals surface area contributed by atoms with E-state index in [0.717, 1.165) is 30.2 Å². The molecule has 1 aliphatic rings. The third-order valence-electron chi connectivity index (χ3n) is 3.95. The van der Waals surface area contributed by atoms with Crippen molar-refractivity contribution < 1.29 is 0 Å². The lowest BCUT2D eigenvalue weighted by Gasteiger charge is -2.36. The van der Waals surface area contributed by atoms with Crippen molar-refractivity contribution in [1.82, 2.24) is 14.9 Å². The highest BCUT2D eigenvalue weighted by Crippen LogP contribution is 2.39. The van der Waals surface area contributed by atoms with E-state index in [4.69, 9.17) is 11.6 Å². The molecule has 2 aromatic rings. The van der Waals surface area contributed by atoms with E-state index in [-0.39, 0.29) is 0 Å². The monoisotopic (exact) mass is 275 g/mol. The third-order valence-corrected chi connectivity index (χ3v) is 4.30. The summed E-state index contributed by atoms with van der Waals surface area (Å²) in [5, 5.41) is 4.45. The van der Waals surface area contributed by atoms with Crippen LogP contribution in [0.5, 0.6) is 0 Å². The minimum Gasteiger partial charge on any atom is -0.337 e. The van der Waals surface area contributed by atoms with E-state index < -0.39 is 0 Å². The average Bonchev–Trinajstić information content (AvgIpc) is 2.75. The number of halogens is 1. The number of nitrogens with one attached hydrogen (secondary N) is 1. The second kappa shape index (κ2) is 5.35. The van der Waals surface area contributed by atoms with Gasteiger partial charge in [0.05, 0.1) is 6.54 Å². The maximum atomic E-state index is 6.22. The molecule has 0 spiro atoms. The third kappa shape index (κ3) is 2.67. The van der Waals surface area contributed by atoms with Gasteiger partial charge in [0.2, 0.25) is 0 Å². The zero-order valence-electron chi connectivity index (χ0n) is 11.0.